The molecule has 54 valence electrons. The van der Waals surface area contributed by atoms with E-state index in [4.69, 9.17) is 0 Å². The van der Waals surface area contributed by atoms with Crippen LogP contribution in [-0.4, -0.2) is 9.55 Å². The third-order valence-electron chi connectivity index (χ3n) is 1.54. The number of allylic oxidation sites excluding steroid dienone is 2. The fraction of sp³-hybridized carbons (Fsp3) is 0.375. The minimum Gasteiger partial charge on any atom is -0.310 e. The molecule has 10 heavy (non-hydrogen) atoms. The smallest absolute Gasteiger partial charge is 0.0992 e. The van der Waals surface area contributed by atoms with E-state index >= 15 is 0 Å². The Morgan fingerprint density at radius 3 is 2.80 bits per heavy atom. The highest BCUT2D eigenvalue weighted by Gasteiger charge is 1.91. The minimum absolute atomic E-state index is 1.06. The third kappa shape index (κ3) is 1.26. The lowest BCUT2D eigenvalue weighted by atomic mass is 10.4. The van der Waals surface area contributed by atoms with Crippen molar-refractivity contribution in [2.24, 2.45) is 0 Å². The van der Waals surface area contributed by atoms with Crippen molar-refractivity contribution in [2.75, 3.05) is 0 Å². The minimum atomic E-state index is 1.06. The van der Waals surface area contributed by atoms with Gasteiger partial charge in [-0.1, -0.05) is 6.08 Å². The van der Waals surface area contributed by atoms with Crippen LogP contribution in [-0.2, 0) is 0 Å². The Morgan fingerprint density at radius 1 is 1.70 bits per heavy atom. The van der Waals surface area contributed by atoms with E-state index < -0.39 is 0 Å². The van der Waals surface area contributed by atoms with Crippen LogP contribution in [0, 0.1) is 6.92 Å². The molecule has 1 rings (SSSR count). The molecule has 0 saturated carbocycles. The second-order valence-corrected chi connectivity index (χ2v) is 2.35. The van der Waals surface area contributed by atoms with E-state index in [2.05, 4.69) is 18.0 Å². The topological polar surface area (TPSA) is 17.8 Å². The first-order valence-corrected chi connectivity index (χ1v) is 3.38. The van der Waals surface area contributed by atoms with Crippen LogP contribution in [0.3, 0.4) is 0 Å². The summed E-state index contributed by atoms with van der Waals surface area (Å²) in [6.07, 6.45) is 5.89. The van der Waals surface area contributed by atoms with Gasteiger partial charge in [-0.25, -0.2) is 4.98 Å². The normalized spacial score (nSPS) is 12.1. The Kier molecular flexibility index (Phi) is 1.90. The Balaban J connectivity index is 2.95. The van der Waals surface area contributed by atoms with Crippen LogP contribution in [0.4, 0.5) is 0 Å². The summed E-state index contributed by atoms with van der Waals surface area (Å²) in [4.78, 5) is 4.11. The maximum absolute atomic E-state index is 4.11. The number of imidazole rings is 1. The van der Waals surface area contributed by atoms with Gasteiger partial charge in [0.1, 0.15) is 0 Å². The summed E-state index contributed by atoms with van der Waals surface area (Å²) in [5.74, 6) is 0. The fourth-order valence-electron chi connectivity index (χ4n) is 0.763. The molecule has 0 atom stereocenters. The molecule has 1 heterocycles. The van der Waals surface area contributed by atoms with E-state index in [0.717, 1.165) is 5.69 Å². The molecule has 0 aromatic carbocycles. The molecular formula is C8H12N2. The number of aryl methyl sites for hydroxylation is 1. The zero-order valence-electron chi connectivity index (χ0n) is 6.63. The fourth-order valence-corrected chi connectivity index (χ4v) is 0.763. The van der Waals surface area contributed by atoms with Crippen molar-refractivity contribution in [3.8, 4) is 0 Å². The second kappa shape index (κ2) is 2.69. The summed E-state index contributed by atoms with van der Waals surface area (Å²) in [6, 6.07) is 0. The van der Waals surface area contributed by atoms with Crippen LogP contribution in [0.5, 0.6) is 0 Å². The highest BCUT2D eigenvalue weighted by molar-refractivity contribution is 5.40. The molecule has 0 aliphatic carbocycles. The quantitative estimate of drug-likeness (QED) is 0.578. The van der Waals surface area contributed by atoms with Crippen molar-refractivity contribution in [1.82, 2.24) is 9.55 Å². The van der Waals surface area contributed by atoms with Crippen molar-refractivity contribution in [3.05, 3.63) is 24.3 Å². The van der Waals surface area contributed by atoms with E-state index in [9.17, 15) is 0 Å². The standard InChI is InChI=1S/C8H12N2/c1-4-8(3)10-5-7(2)9-6-10/h4-6H,1-3H3/b8-4+. The Morgan fingerprint density at radius 2 is 2.40 bits per heavy atom. The molecular weight excluding hydrogens is 124 g/mol. The average molecular weight is 136 g/mol. The van der Waals surface area contributed by atoms with Gasteiger partial charge in [-0.3, -0.25) is 0 Å². The SMILES string of the molecule is C/C=C(\C)n1cnc(C)c1. The number of hydrogen-bond acceptors (Lipinski definition) is 1. The molecule has 1 aromatic heterocycles. The first kappa shape index (κ1) is 7.06. The van der Waals surface area contributed by atoms with Crippen molar-refractivity contribution in [1.29, 1.82) is 0 Å². The summed E-state index contributed by atoms with van der Waals surface area (Å²) < 4.78 is 2.01. The second-order valence-electron chi connectivity index (χ2n) is 2.35. The molecule has 0 unspecified atom stereocenters. The van der Waals surface area contributed by atoms with Crippen LogP contribution >= 0.6 is 0 Å². The van der Waals surface area contributed by atoms with Gasteiger partial charge in [0.25, 0.3) is 0 Å². The maximum atomic E-state index is 4.11. The van der Waals surface area contributed by atoms with Gasteiger partial charge < -0.3 is 4.57 Å². The van der Waals surface area contributed by atoms with Gasteiger partial charge in [0.05, 0.1) is 12.0 Å². The van der Waals surface area contributed by atoms with Crippen LogP contribution in [0.15, 0.2) is 18.6 Å². The first-order chi connectivity index (χ1) is 4.74. The molecule has 0 saturated heterocycles. The van der Waals surface area contributed by atoms with Crippen molar-refractivity contribution in [3.63, 3.8) is 0 Å². The predicted molar refractivity (Wildman–Crippen MR) is 42.6 cm³/mol. The molecule has 0 aliphatic rings. The average Bonchev–Trinajstić information content (AvgIpc) is 2.34. The summed E-state index contributed by atoms with van der Waals surface area (Å²) in [6.45, 7) is 6.06. The molecule has 2 heteroatoms. The van der Waals surface area contributed by atoms with Gasteiger partial charge in [-0.05, 0) is 20.8 Å². The molecule has 0 fully saturated rings. The molecule has 0 radical (unpaired) electrons. The number of hydrogen-bond donors (Lipinski definition) is 0. The predicted octanol–water partition coefficient (Wildman–Crippen LogP) is 2.07. The molecule has 2 nitrogen and oxygen atoms in total. The number of nitrogens with zero attached hydrogens (tertiary/aromatic N) is 2. The molecule has 0 aliphatic heterocycles. The van der Waals surface area contributed by atoms with Crippen molar-refractivity contribution in [2.45, 2.75) is 20.8 Å². The first-order valence-electron chi connectivity index (χ1n) is 3.38. The van der Waals surface area contributed by atoms with E-state index in [1.54, 1.807) is 0 Å². The Labute approximate surface area is 61.2 Å². The van der Waals surface area contributed by atoms with Gasteiger partial charge in [0.15, 0.2) is 0 Å². The zero-order chi connectivity index (χ0) is 7.56. The van der Waals surface area contributed by atoms with Gasteiger partial charge >= 0.3 is 0 Å². The lowest BCUT2D eigenvalue weighted by Crippen LogP contribution is -1.86. The van der Waals surface area contributed by atoms with Crippen LogP contribution < -0.4 is 0 Å². The highest BCUT2D eigenvalue weighted by Crippen LogP contribution is 2.02. The lowest BCUT2D eigenvalue weighted by Gasteiger charge is -1.97. The van der Waals surface area contributed by atoms with Crippen LogP contribution in [0.2, 0.25) is 0 Å². The van der Waals surface area contributed by atoms with Crippen LogP contribution in [0.25, 0.3) is 5.70 Å². The van der Waals surface area contributed by atoms with Crippen molar-refractivity contribution < 1.29 is 0 Å². The summed E-state index contributed by atoms with van der Waals surface area (Å²) >= 11 is 0. The lowest BCUT2D eigenvalue weighted by molar-refractivity contribution is 1.07. The van der Waals surface area contributed by atoms with Gasteiger partial charge in [-0.2, -0.15) is 0 Å². The van der Waals surface area contributed by atoms with E-state index in [1.807, 2.05) is 30.9 Å². The zero-order valence-corrected chi connectivity index (χ0v) is 6.63. The van der Waals surface area contributed by atoms with E-state index in [0.29, 0.717) is 0 Å². The molecule has 0 N–H and O–H groups in total. The van der Waals surface area contributed by atoms with Crippen molar-refractivity contribution >= 4 is 5.70 Å². The van der Waals surface area contributed by atoms with Gasteiger partial charge in [-0.15, -0.1) is 0 Å². The monoisotopic (exact) mass is 136 g/mol. The van der Waals surface area contributed by atoms with Gasteiger partial charge in [0, 0.05) is 11.9 Å². The number of rotatable bonds is 1. The van der Waals surface area contributed by atoms with E-state index in [1.165, 1.54) is 5.70 Å². The van der Waals surface area contributed by atoms with Gasteiger partial charge in [0.2, 0.25) is 0 Å². The summed E-state index contributed by atoms with van der Waals surface area (Å²) in [7, 11) is 0. The molecule has 1 aromatic rings. The molecule has 0 bridgehead atoms. The Hall–Kier alpha value is -1.05. The summed E-state index contributed by atoms with van der Waals surface area (Å²) in [5, 5.41) is 0. The largest absolute Gasteiger partial charge is 0.310 e. The number of aromatic nitrogens is 2. The summed E-state index contributed by atoms with van der Waals surface area (Å²) in [5.41, 5.74) is 2.27. The maximum Gasteiger partial charge on any atom is 0.0992 e. The molecule has 0 amide bonds. The van der Waals surface area contributed by atoms with Crippen LogP contribution in [0.1, 0.15) is 19.5 Å². The third-order valence-corrected chi connectivity index (χ3v) is 1.54. The highest BCUT2D eigenvalue weighted by atomic mass is 15.0. The van der Waals surface area contributed by atoms with E-state index in [-0.39, 0.29) is 0 Å². The Bertz CT molecular complexity index is 246. The molecule has 0 spiro atoms.